The molecule has 2 unspecified atom stereocenters. The first-order valence-electron chi connectivity index (χ1n) is 9.96. The summed E-state index contributed by atoms with van der Waals surface area (Å²) < 4.78 is 67.4. The molecule has 168 valence electrons. The molecule has 4 fully saturated rings. The number of hydrogen-bond acceptors (Lipinski definition) is 4. The molecule has 4 saturated carbocycles. The molecule has 11 heteroatoms. The topological polar surface area (TPSA) is 102 Å². The minimum absolute atomic E-state index is 0.251. The van der Waals surface area contributed by atoms with Crippen molar-refractivity contribution >= 4 is 21.8 Å². The highest BCUT2D eigenvalue weighted by molar-refractivity contribution is 7.90. The SMILES string of the molecule is CN(C)S(=O)(=O)Nc1ccc(C(F)(F)F)cc1C(=O)NC12CC3CC(CC1(C#N)C3)C2. The Morgan fingerprint density at radius 1 is 1.19 bits per heavy atom. The van der Waals surface area contributed by atoms with Gasteiger partial charge in [0.2, 0.25) is 0 Å². The van der Waals surface area contributed by atoms with Gasteiger partial charge in [-0.3, -0.25) is 9.52 Å². The van der Waals surface area contributed by atoms with E-state index in [2.05, 4.69) is 16.1 Å². The van der Waals surface area contributed by atoms with E-state index in [0.717, 1.165) is 22.9 Å². The summed E-state index contributed by atoms with van der Waals surface area (Å²) in [4.78, 5) is 13.2. The Bertz CT molecular complexity index is 1060. The average molecular weight is 456 g/mol. The third-order valence-electron chi connectivity index (χ3n) is 7.01. The first kappa shape index (κ1) is 21.9. The number of carbonyl (C=O) groups excluding carboxylic acids is 1. The second-order valence-electron chi connectivity index (χ2n) is 9.16. The highest BCUT2D eigenvalue weighted by Gasteiger charge is 2.68. The predicted octanol–water partition coefficient (Wildman–Crippen LogP) is 3.13. The van der Waals surface area contributed by atoms with Crippen molar-refractivity contribution in [3.63, 3.8) is 0 Å². The second kappa shape index (κ2) is 6.84. The van der Waals surface area contributed by atoms with Crippen LogP contribution in [-0.4, -0.2) is 38.3 Å². The van der Waals surface area contributed by atoms with Crippen LogP contribution in [0.4, 0.5) is 18.9 Å². The van der Waals surface area contributed by atoms with Gasteiger partial charge >= 0.3 is 16.4 Å². The van der Waals surface area contributed by atoms with Gasteiger partial charge in [0.05, 0.1) is 33.8 Å². The lowest BCUT2D eigenvalue weighted by Crippen LogP contribution is -2.54. The molecule has 2 N–H and O–H groups in total. The number of benzene rings is 1. The van der Waals surface area contributed by atoms with E-state index < -0.39 is 44.4 Å². The van der Waals surface area contributed by atoms with Gasteiger partial charge in [0.15, 0.2) is 0 Å². The molecule has 0 heterocycles. The molecule has 1 aromatic rings. The molecule has 31 heavy (non-hydrogen) atoms. The number of rotatable bonds is 5. The van der Waals surface area contributed by atoms with Crippen LogP contribution in [0.1, 0.15) is 48.0 Å². The van der Waals surface area contributed by atoms with Gasteiger partial charge in [-0.05, 0) is 62.1 Å². The summed E-state index contributed by atoms with van der Waals surface area (Å²) in [6.07, 6.45) is -1.14. The molecule has 1 aromatic carbocycles. The first-order valence-corrected chi connectivity index (χ1v) is 11.4. The fourth-order valence-corrected chi connectivity index (χ4v) is 6.44. The van der Waals surface area contributed by atoms with E-state index in [-0.39, 0.29) is 5.69 Å². The molecule has 4 aliphatic carbocycles. The van der Waals surface area contributed by atoms with E-state index >= 15 is 0 Å². The zero-order valence-electron chi connectivity index (χ0n) is 17.1. The first-order chi connectivity index (χ1) is 14.3. The molecule has 0 aliphatic heterocycles. The summed E-state index contributed by atoms with van der Waals surface area (Å²) in [5, 5.41) is 12.8. The zero-order valence-corrected chi connectivity index (χ0v) is 17.9. The third-order valence-corrected chi connectivity index (χ3v) is 8.45. The Kier molecular flexibility index (Phi) is 4.83. The van der Waals surface area contributed by atoms with Crippen LogP contribution >= 0.6 is 0 Å². The van der Waals surface area contributed by atoms with Crippen molar-refractivity contribution in [2.45, 2.75) is 43.8 Å². The summed E-state index contributed by atoms with van der Waals surface area (Å²) in [5.41, 5.74) is -3.25. The van der Waals surface area contributed by atoms with Crippen LogP contribution in [0, 0.1) is 28.6 Å². The lowest BCUT2D eigenvalue weighted by molar-refractivity contribution is -0.137. The Morgan fingerprint density at radius 3 is 2.32 bits per heavy atom. The summed E-state index contributed by atoms with van der Waals surface area (Å²) in [5.74, 6) is -0.202. The number of amides is 1. The molecule has 0 spiro atoms. The number of halogens is 3. The van der Waals surface area contributed by atoms with Crippen molar-refractivity contribution in [1.82, 2.24) is 9.62 Å². The van der Waals surface area contributed by atoms with Gasteiger partial charge in [-0.25, -0.2) is 0 Å². The van der Waals surface area contributed by atoms with Crippen LogP contribution in [0.5, 0.6) is 0 Å². The number of alkyl halides is 3. The van der Waals surface area contributed by atoms with Crippen LogP contribution < -0.4 is 10.0 Å². The van der Waals surface area contributed by atoms with Crippen molar-refractivity contribution in [3.05, 3.63) is 29.3 Å². The van der Waals surface area contributed by atoms with Gasteiger partial charge in [0, 0.05) is 14.1 Å². The Morgan fingerprint density at radius 2 is 1.81 bits per heavy atom. The summed E-state index contributed by atoms with van der Waals surface area (Å²) in [6.45, 7) is 0. The van der Waals surface area contributed by atoms with E-state index in [1.807, 2.05) is 0 Å². The molecule has 0 radical (unpaired) electrons. The van der Waals surface area contributed by atoms with Gasteiger partial charge in [-0.1, -0.05) is 0 Å². The molecule has 1 amide bonds. The maximum atomic E-state index is 13.3. The van der Waals surface area contributed by atoms with Gasteiger partial charge in [-0.15, -0.1) is 0 Å². The third kappa shape index (κ3) is 3.46. The molecule has 0 aromatic heterocycles. The minimum atomic E-state index is -4.70. The molecular formula is C20H23F3N4O3S. The van der Waals surface area contributed by atoms with Gasteiger partial charge in [0.1, 0.15) is 0 Å². The summed E-state index contributed by atoms with van der Waals surface area (Å²) in [6, 6.07) is 4.70. The molecule has 4 bridgehead atoms. The Hall–Kier alpha value is -2.32. The number of anilines is 1. The van der Waals surface area contributed by atoms with Crippen molar-refractivity contribution in [1.29, 1.82) is 5.26 Å². The van der Waals surface area contributed by atoms with Crippen molar-refractivity contribution < 1.29 is 26.4 Å². The van der Waals surface area contributed by atoms with Crippen LogP contribution in [0.3, 0.4) is 0 Å². The number of nitrogens with zero attached hydrogens (tertiary/aromatic N) is 2. The number of nitriles is 1. The quantitative estimate of drug-likeness (QED) is 0.711. The second-order valence-corrected chi connectivity index (χ2v) is 11.0. The van der Waals surface area contributed by atoms with Crippen LogP contribution in [0.15, 0.2) is 18.2 Å². The van der Waals surface area contributed by atoms with Gasteiger partial charge in [-0.2, -0.15) is 31.2 Å². The number of nitrogens with one attached hydrogen (secondary N) is 2. The van der Waals surface area contributed by atoms with Crippen molar-refractivity contribution in [2.24, 2.45) is 17.3 Å². The van der Waals surface area contributed by atoms with Gasteiger partial charge < -0.3 is 5.32 Å². The Labute approximate surface area is 178 Å². The lowest BCUT2D eigenvalue weighted by Gasteiger charge is -2.37. The monoisotopic (exact) mass is 456 g/mol. The zero-order chi connectivity index (χ0) is 22.8. The maximum absolute atomic E-state index is 13.3. The highest BCUT2D eigenvalue weighted by Crippen LogP contribution is 2.67. The van der Waals surface area contributed by atoms with E-state index in [1.165, 1.54) is 14.1 Å². The average Bonchev–Trinajstić information content (AvgIpc) is 2.99. The standard InChI is InChI=1S/C20H23F3N4O3S/c1-27(2)31(29,30)26-16-4-3-14(20(21,22)23)6-15(16)17(28)25-19-9-12-5-13(10-19)8-18(19,7-12)11-24/h3-4,6,12-13,26H,5,7-10H2,1-2H3,(H,25,28). The molecular weight excluding hydrogens is 433 g/mol. The van der Waals surface area contributed by atoms with E-state index in [0.29, 0.717) is 43.6 Å². The molecule has 7 nitrogen and oxygen atoms in total. The maximum Gasteiger partial charge on any atom is 0.416 e. The smallest absolute Gasteiger partial charge is 0.345 e. The Balaban J connectivity index is 1.72. The lowest BCUT2D eigenvalue weighted by atomic mass is 9.75. The van der Waals surface area contributed by atoms with E-state index in [1.54, 1.807) is 0 Å². The van der Waals surface area contributed by atoms with Crippen LogP contribution in [-0.2, 0) is 16.4 Å². The van der Waals surface area contributed by atoms with Crippen LogP contribution in [0.25, 0.3) is 0 Å². The molecule has 2 atom stereocenters. The summed E-state index contributed by atoms with van der Waals surface area (Å²) in [7, 11) is -1.53. The summed E-state index contributed by atoms with van der Waals surface area (Å²) >= 11 is 0. The normalized spacial score (nSPS) is 31.6. The fraction of sp³-hybridized carbons (Fsp3) is 0.600. The van der Waals surface area contributed by atoms with E-state index in [4.69, 9.17) is 0 Å². The van der Waals surface area contributed by atoms with Crippen molar-refractivity contribution in [2.75, 3.05) is 18.8 Å². The molecule has 5 rings (SSSR count). The van der Waals surface area contributed by atoms with Gasteiger partial charge in [0.25, 0.3) is 5.91 Å². The van der Waals surface area contributed by atoms with E-state index in [9.17, 15) is 31.6 Å². The molecule has 4 aliphatic rings. The number of hydrogen-bond donors (Lipinski definition) is 2. The predicted molar refractivity (Wildman–Crippen MR) is 106 cm³/mol. The highest BCUT2D eigenvalue weighted by atomic mass is 32.2. The van der Waals surface area contributed by atoms with Crippen molar-refractivity contribution in [3.8, 4) is 6.07 Å². The number of carbonyl (C=O) groups is 1. The fourth-order valence-electron chi connectivity index (χ4n) is 5.80. The minimum Gasteiger partial charge on any atom is -0.345 e. The van der Waals surface area contributed by atoms with Crippen LogP contribution in [0.2, 0.25) is 0 Å². The molecule has 0 saturated heterocycles. The largest absolute Gasteiger partial charge is 0.416 e.